The zero-order valence-electron chi connectivity index (χ0n) is 19.1. The third-order valence-corrected chi connectivity index (χ3v) is 5.43. The summed E-state index contributed by atoms with van der Waals surface area (Å²) in [5.41, 5.74) is 4.65. The summed E-state index contributed by atoms with van der Waals surface area (Å²) in [5, 5.41) is 6.58. The van der Waals surface area contributed by atoms with Gasteiger partial charge in [0, 0.05) is 5.02 Å². The first-order valence-electron chi connectivity index (χ1n) is 11.1. The predicted octanol–water partition coefficient (Wildman–Crippen LogP) is 7.18. The molecule has 0 aliphatic carbocycles. The summed E-state index contributed by atoms with van der Waals surface area (Å²) in [7, 11) is 0. The molecule has 0 spiro atoms. The molecule has 0 aliphatic heterocycles. The second kappa shape index (κ2) is 12.6. The molecule has 4 nitrogen and oxygen atoms in total. The van der Waals surface area contributed by atoms with Crippen LogP contribution in [0, 0.1) is 0 Å². The summed E-state index contributed by atoms with van der Waals surface area (Å²) < 4.78 is 5.95. The highest BCUT2D eigenvalue weighted by Crippen LogP contribution is 2.18. The van der Waals surface area contributed by atoms with Crippen LogP contribution >= 0.6 is 11.6 Å². The number of aryl methyl sites for hydroxylation is 1. The maximum absolute atomic E-state index is 11.8. The third-order valence-electron chi connectivity index (χ3n) is 5.18. The van der Waals surface area contributed by atoms with Crippen LogP contribution in [-0.4, -0.2) is 18.7 Å². The van der Waals surface area contributed by atoms with Gasteiger partial charge in [0.25, 0.3) is 0 Å². The number of carbonyl (C=O) groups is 1. The van der Waals surface area contributed by atoms with Crippen LogP contribution in [-0.2, 0) is 11.2 Å². The van der Waals surface area contributed by atoms with E-state index in [1.165, 1.54) is 23.4 Å². The summed E-state index contributed by atoms with van der Waals surface area (Å²) in [4.78, 5) is 11.8. The molecule has 0 radical (unpaired) electrons. The van der Waals surface area contributed by atoms with Crippen LogP contribution in [0.5, 0.6) is 5.75 Å². The molecular weight excluding hydrogens is 432 g/mol. The van der Waals surface area contributed by atoms with E-state index in [9.17, 15) is 4.79 Å². The largest absolute Gasteiger partial charge is 0.487 e. The van der Waals surface area contributed by atoms with Crippen LogP contribution in [0.1, 0.15) is 37.8 Å². The van der Waals surface area contributed by atoms with Crippen molar-refractivity contribution in [1.29, 1.82) is 0 Å². The highest BCUT2D eigenvalue weighted by Gasteiger charge is 2.10. The Morgan fingerprint density at radius 3 is 2.33 bits per heavy atom. The Labute approximate surface area is 201 Å². The second-order valence-electron chi connectivity index (χ2n) is 7.75. The van der Waals surface area contributed by atoms with Crippen molar-refractivity contribution in [3.8, 4) is 5.75 Å². The molecule has 33 heavy (non-hydrogen) atoms. The minimum absolute atomic E-state index is 0.204. The number of carbonyl (C=O) groups excluding carboxylic acids is 1. The van der Waals surface area contributed by atoms with Gasteiger partial charge in [-0.1, -0.05) is 73.5 Å². The molecular formula is C28H29ClN2O2. The third kappa shape index (κ3) is 7.62. The maximum Gasteiger partial charge on any atom is 0.234 e. The van der Waals surface area contributed by atoms with Gasteiger partial charge in [-0.05, 0) is 72.9 Å². The average molecular weight is 461 g/mol. The number of hydrogen-bond acceptors (Lipinski definition) is 3. The number of para-hydroxylation sites is 1. The summed E-state index contributed by atoms with van der Waals surface area (Å²) in [6, 6.07) is 25.0. The first-order chi connectivity index (χ1) is 16.1. The maximum atomic E-state index is 11.8. The van der Waals surface area contributed by atoms with Crippen molar-refractivity contribution in [3.05, 3.63) is 101 Å². The number of hydrazone groups is 1. The van der Waals surface area contributed by atoms with E-state index in [-0.39, 0.29) is 6.61 Å². The minimum Gasteiger partial charge on any atom is -0.487 e. The molecule has 0 atom stereocenters. The van der Waals surface area contributed by atoms with Gasteiger partial charge in [0.05, 0.1) is 5.69 Å². The highest BCUT2D eigenvalue weighted by molar-refractivity contribution is 6.30. The van der Waals surface area contributed by atoms with Crippen LogP contribution in [0.2, 0.25) is 5.02 Å². The predicted molar refractivity (Wildman–Crippen MR) is 138 cm³/mol. The van der Waals surface area contributed by atoms with E-state index < -0.39 is 0 Å². The normalized spacial score (nSPS) is 11.8. The van der Waals surface area contributed by atoms with Gasteiger partial charge in [-0.15, -0.1) is 0 Å². The Kier molecular flexibility index (Phi) is 9.28. The lowest BCUT2D eigenvalue weighted by atomic mass is 10.0. The molecule has 3 rings (SSSR count). The summed E-state index contributed by atoms with van der Waals surface area (Å²) in [5.74, 6) is 0.678. The first-order valence-corrected chi connectivity index (χ1v) is 11.5. The second-order valence-corrected chi connectivity index (χ2v) is 8.18. The average Bonchev–Trinajstić information content (AvgIpc) is 2.85. The van der Waals surface area contributed by atoms with E-state index in [4.69, 9.17) is 16.3 Å². The lowest BCUT2D eigenvalue weighted by Gasteiger charge is -2.16. The number of anilines is 1. The molecule has 0 bridgehead atoms. The highest BCUT2D eigenvalue weighted by atomic mass is 35.5. The quantitative estimate of drug-likeness (QED) is 0.173. The fourth-order valence-corrected chi connectivity index (χ4v) is 3.38. The van der Waals surface area contributed by atoms with Gasteiger partial charge in [-0.2, -0.15) is 5.10 Å². The Hall–Kier alpha value is -3.37. The Morgan fingerprint density at radius 2 is 1.70 bits per heavy atom. The Bertz CT molecular complexity index is 1080. The number of ether oxygens (including phenoxy) is 1. The molecule has 170 valence electrons. The zero-order chi connectivity index (χ0) is 23.5. The number of unbranched alkanes of at least 4 members (excludes halogenated alkanes) is 1. The molecule has 0 heterocycles. The standard InChI is InChI=1S/C28H29ClN2O2/c1-3-4-8-23-11-13-24(14-12-23)19-22(2)28(20-33-27-17-15-25(29)16-18-27)30-31(21-32)26-9-6-5-7-10-26/h5-7,9-19,21H,3-4,8,20H2,1-2H3/b22-19-,30-28-. The molecule has 0 saturated carbocycles. The fourth-order valence-electron chi connectivity index (χ4n) is 3.25. The van der Waals surface area contributed by atoms with E-state index in [0.29, 0.717) is 28.6 Å². The van der Waals surface area contributed by atoms with E-state index >= 15 is 0 Å². The smallest absolute Gasteiger partial charge is 0.234 e. The van der Waals surface area contributed by atoms with Crippen LogP contribution in [0.25, 0.3) is 6.08 Å². The van der Waals surface area contributed by atoms with Gasteiger partial charge in [0.1, 0.15) is 18.1 Å². The van der Waals surface area contributed by atoms with Crippen molar-refractivity contribution in [2.75, 3.05) is 11.6 Å². The van der Waals surface area contributed by atoms with Crippen LogP contribution in [0.3, 0.4) is 0 Å². The molecule has 3 aromatic carbocycles. The number of halogens is 1. The van der Waals surface area contributed by atoms with Gasteiger partial charge in [-0.25, -0.2) is 5.01 Å². The van der Waals surface area contributed by atoms with Gasteiger partial charge in [-0.3, -0.25) is 4.79 Å². The van der Waals surface area contributed by atoms with Gasteiger partial charge < -0.3 is 4.74 Å². The molecule has 0 N–H and O–H groups in total. The molecule has 5 heteroatoms. The number of nitrogens with zero attached hydrogens (tertiary/aromatic N) is 2. The van der Waals surface area contributed by atoms with Crippen molar-refractivity contribution >= 4 is 35.5 Å². The number of amides is 1. The molecule has 0 aliphatic rings. The lowest BCUT2D eigenvalue weighted by Crippen LogP contribution is -2.21. The van der Waals surface area contributed by atoms with Crippen molar-refractivity contribution in [1.82, 2.24) is 0 Å². The first kappa shape index (κ1) is 24.3. The summed E-state index contributed by atoms with van der Waals surface area (Å²) in [6.45, 7) is 4.38. The number of hydrogen-bond donors (Lipinski definition) is 0. The zero-order valence-corrected chi connectivity index (χ0v) is 19.8. The Balaban J connectivity index is 1.86. The van der Waals surface area contributed by atoms with Crippen molar-refractivity contribution in [3.63, 3.8) is 0 Å². The van der Waals surface area contributed by atoms with Crippen LogP contribution < -0.4 is 9.75 Å². The monoisotopic (exact) mass is 460 g/mol. The number of benzene rings is 3. The topological polar surface area (TPSA) is 41.9 Å². The fraction of sp³-hybridized carbons (Fsp3) is 0.214. The van der Waals surface area contributed by atoms with E-state index in [1.807, 2.05) is 49.4 Å². The van der Waals surface area contributed by atoms with Gasteiger partial charge >= 0.3 is 0 Å². The molecule has 0 fully saturated rings. The summed E-state index contributed by atoms with van der Waals surface area (Å²) >= 11 is 5.98. The minimum atomic E-state index is 0.204. The Morgan fingerprint density at radius 1 is 1.00 bits per heavy atom. The SMILES string of the molecule is CCCCc1ccc(/C=C(C)\C(COc2ccc(Cl)cc2)=N/N(C=O)c2ccccc2)cc1. The van der Waals surface area contributed by atoms with Crippen molar-refractivity contribution in [2.24, 2.45) is 5.10 Å². The molecule has 1 amide bonds. The van der Waals surface area contributed by atoms with Crippen LogP contribution in [0.15, 0.2) is 89.5 Å². The molecule has 0 saturated heterocycles. The molecule has 0 unspecified atom stereocenters. The van der Waals surface area contributed by atoms with E-state index in [2.05, 4.69) is 42.4 Å². The van der Waals surface area contributed by atoms with E-state index in [1.54, 1.807) is 12.1 Å². The van der Waals surface area contributed by atoms with Gasteiger partial charge in [0.2, 0.25) is 6.41 Å². The summed E-state index contributed by atoms with van der Waals surface area (Å²) in [6.07, 6.45) is 6.22. The van der Waals surface area contributed by atoms with Crippen LogP contribution in [0.4, 0.5) is 5.69 Å². The van der Waals surface area contributed by atoms with E-state index in [0.717, 1.165) is 17.6 Å². The van der Waals surface area contributed by atoms with Crippen molar-refractivity contribution < 1.29 is 9.53 Å². The number of rotatable bonds is 11. The van der Waals surface area contributed by atoms with Gasteiger partial charge in [0.15, 0.2) is 0 Å². The molecule has 3 aromatic rings. The van der Waals surface area contributed by atoms with Crippen molar-refractivity contribution in [2.45, 2.75) is 33.1 Å². The molecule has 0 aromatic heterocycles. The lowest BCUT2D eigenvalue weighted by molar-refractivity contribution is -0.107.